The molecule has 0 saturated carbocycles. The van der Waals surface area contributed by atoms with Gasteiger partial charge in [0.1, 0.15) is 6.29 Å². The molecule has 106 valence electrons. The first kappa shape index (κ1) is 14.7. The van der Waals surface area contributed by atoms with E-state index >= 15 is 0 Å². The van der Waals surface area contributed by atoms with Crippen molar-refractivity contribution in [1.82, 2.24) is 0 Å². The number of rotatable bonds is 3. The quantitative estimate of drug-likeness (QED) is 0.582. The molecule has 3 rings (SSSR count). The normalized spacial score (nSPS) is 9.90. The first-order valence-corrected chi connectivity index (χ1v) is 6.74. The van der Waals surface area contributed by atoms with E-state index in [0.29, 0.717) is 6.29 Å². The monoisotopic (exact) mass is 280 g/mol. The standard InChI is InChI=1S/C14H10.C4H6O3/c1-3-7-13-11(5-1)9-10-12-6-2-4-8-14(12)13;5-3-1-2-4(6)7/h1-10H;3H,1-2H2,(H,6,7). The van der Waals surface area contributed by atoms with Crippen LogP contribution < -0.4 is 0 Å². The second-order valence-electron chi connectivity index (χ2n) is 4.61. The van der Waals surface area contributed by atoms with Crippen LogP contribution in [0.3, 0.4) is 0 Å². The molecule has 21 heavy (non-hydrogen) atoms. The van der Waals surface area contributed by atoms with Crippen LogP contribution in [0.15, 0.2) is 60.7 Å². The Morgan fingerprint density at radius 1 is 0.857 bits per heavy atom. The Labute approximate surface area is 122 Å². The van der Waals surface area contributed by atoms with E-state index in [4.69, 9.17) is 5.11 Å². The van der Waals surface area contributed by atoms with E-state index in [0.717, 1.165) is 0 Å². The van der Waals surface area contributed by atoms with Crippen LogP contribution in [0.25, 0.3) is 21.5 Å². The third kappa shape index (κ3) is 3.89. The summed E-state index contributed by atoms with van der Waals surface area (Å²) < 4.78 is 0. The van der Waals surface area contributed by atoms with Gasteiger partial charge in [-0.2, -0.15) is 0 Å². The molecular weight excluding hydrogens is 264 g/mol. The predicted octanol–water partition coefficient (Wildman–Crippen LogP) is 4.04. The average Bonchev–Trinajstić information content (AvgIpc) is 2.53. The molecule has 0 unspecified atom stereocenters. The van der Waals surface area contributed by atoms with Crippen LogP contribution in [0, 0.1) is 0 Å². The molecule has 0 aliphatic heterocycles. The lowest BCUT2D eigenvalue weighted by atomic mass is 10.0. The fourth-order valence-corrected chi connectivity index (χ4v) is 2.14. The van der Waals surface area contributed by atoms with Gasteiger partial charge in [-0.05, 0) is 21.5 Å². The molecule has 0 heterocycles. The van der Waals surface area contributed by atoms with Crippen molar-refractivity contribution in [2.75, 3.05) is 0 Å². The van der Waals surface area contributed by atoms with E-state index in [1.165, 1.54) is 21.5 Å². The number of aliphatic carboxylic acids is 1. The Morgan fingerprint density at radius 3 is 1.71 bits per heavy atom. The number of hydrogen-bond donors (Lipinski definition) is 1. The second kappa shape index (κ2) is 7.20. The molecule has 3 aromatic carbocycles. The highest BCUT2D eigenvalue weighted by Crippen LogP contribution is 2.24. The molecule has 0 saturated heterocycles. The van der Waals surface area contributed by atoms with E-state index in [9.17, 15) is 9.59 Å². The molecule has 0 radical (unpaired) electrons. The minimum absolute atomic E-state index is 0.0521. The van der Waals surface area contributed by atoms with Gasteiger partial charge >= 0.3 is 5.97 Å². The largest absolute Gasteiger partial charge is 0.481 e. The number of benzene rings is 3. The summed E-state index contributed by atoms with van der Waals surface area (Å²) in [6.45, 7) is 0. The SMILES string of the molecule is O=CCCC(=O)O.c1ccc2c(c1)ccc1ccccc12. The van der Waals surface area contributed by atoms with Gasteiger partial charge in [0.2, 0.25) is 0 Å². The van der Waals surface area contributed by atoms with E-state index in [1.807, 2.05) is 0 Å². The van der Waals surface area contributed by atoms with Crippen LogP contribution in [-0.2, 0) is 9.59 Å². The maximum atomic E-state index is 9.60. The summed E-state index contributed by atoms with van der Waals surface area (Å²) in [6.07, 6.45) is 0.660. The van der Waals surface area contributed by atoms with Crippen molar-refractivity contribution in [3.63, 3.8) is 0 Å². The molecule has 0 aromatic heterocycles. The van der Waals surface area contributed by atoms with E-state index in [2.05, 4.69) is 60.7 Å². The van der Waals surface area contributed by atoms with Gasteiger partial charge in [0, 0.05) is 6.42 Å². The zero-order valence-electron chi connectivity index (χ0n) is 11.5. The third-order valence-electron chi connectivity index (χ3n) is 3.13. The third-order valence-corrected chi connectivity index (χ3v) is 3.13. The van der Waals surface area contributed by atoms with Crippen molar-refractivity contribution in [1.29, 1.82) is 0 Å². The molecule has 0 fully saturated rings. The molecule has 0 atom stereocenters. The van der Waals surface area contributed by atoms with Gasteiger partial charge in [-0.15, -0.1) is 0 Å². The summed E-state index contributed by atoms with van der Waals surface area (Å²) in [6, 6.07) is 21.4. The van der Waals surface area contributed by atoms with Crippen LogP contribution in [0.2, 0.25) is 0 Å². The zero-order chi connectivity index (χ0) is 15.1. The first-order valence-electron chi connectivity index (χ1n) is 6.74. The summed E-state index contributed by atoms with van der Waals surface area (Å²) in [5, 5.41) is 13.2. The van der Waals surface area contributed by atoms with Crippen molar-refractivity contribution >= 4 is 33.8 Å². The summed E-state index contributed by atoms with van der Waals surface area (Å²) in [4.78, 5) is 19.0. The van der Waals surface area contributed by atoms with Gasteiger partial charge < -0.3 is 9.90 Å². The number of fused-ring (bicyclic) bond motifs is 3. The van der Waals surface area contributed by atoms with Crippen LogP contribution in [0.4, 0.5) is 0 Å². The van der Waals surface area contributed by atoms with Crippen molar-refractivity contribution in [3.05, 3.63) is 60.7 Å². The lowest BCUT2D eigenvalue weighted by Crippen LogP contribution is -1.93. The zero-order valence-corrected chi connectivity index (χ0v) is 11.5. The van der Waals surface area contributed by atoms with Crippen molar-refractivity contribution in [3.8, 4) is 0 Å². The Morgan fingerprint density at radius 2 is 1.33 bits per heavy atom. The Bertz CT molecular complexity index is 708. The molecule has 0 amide bonds. The number of aldehydes is 1. The summed E-state index contributed by atoms with van der Waals surface area (Å²) in [7, 11) is 0. The number of carbonyl (C=O) groups is 2. The van der Waals surface area contributed by atoms with E-state index in [1.54, 1.807) is 0 Å². The molecular formula is C18H16O3. The van der Waals surface area contributed by atoms with Gasteiger partial charge in [-0.3, -0.25) is 4.79 Å². The molecule has 0 aliphatic rings. The van der Waals surface area contributed by atoms with Crippen molar-refractivity contribution in [2.24, 2.45) is 0 Å². The van der Waals surface area contributed by atoms with Crippen LogP contribution >= 0.6 is 0 Å². The van der Waals surface area contributed by atoms with Crippen LogP contribution in [-0.4, -0.2) is 17.4 Å². The highest BCUT2D eigenvalue weighted by molar-refractivity contribution is 6.07. The van der Waals surface area contributed by atoms with Gasteiger partial charge in [0.05, 0.1) is 6.42 Å². The van der Waals surface area contributed by atoms with Crippen molar-refractivity contribution < 1.29 is 14.7 Å². The topological polar surface area (TPSA) is 54.4 Å². The van der Waals surface area contributed by atoms with Gasteiger partial charge in [-0.25, -0.2) is 0 Å². The maximum absolute atomic E-state index is 9.60. The molecule has 0 bridgehead atoms. The van der Waals surface area contributed by atoms with E-state index < -0.39 is 5.97 Å². The fraction of sp³-hybridized carbons (Fsp3) is 0.111. The van der Waals surface area contributed by atoms with E-state index in [-0.39, 0.29) is 12.8 Å². The molecule has 3 nitrogen and oxygen atoms in total. The summed E-state index contributed by atoms with van der Waals surface area (Å²) in [5.74, 6) is -0.924. The van der Waals surface area contributed by atoms with Crippen LogP contribution in [0.5, 0.6) is 0 Å². The molecule has 3 heteroatoms. The molecule has 3 aromatic rings. The highest BCUT2D eigenvalue weighted by atomic mass is 16.4. The molecule has 0 spiro atoms. The minimum Gasteiger partial charge on any atom is -0.481 e. The number of hydrogen-bond acceptors (Lipinski definition) is 2. The first-order chi connectivity index (χ1) is 10.2. The lowest BCUT2D eigenvalue weighted by molar-refractivity contribution is -0.137. The van der Waals surface area contributed by atoms with Crippen molar-refractivity contribution in [2.45, 2.75) is 12.8 Å². The number of carboxylic acid groups (broad SMARTS) is 1. The Balaban J connectivity index is 0.000000199. The van der Waals surface area contributed by atoms with Gasteiger partial charge in [0.15, 0.2) is 0 Å². The average molecular weight is 280 g/mol. The van der Waals surface area contributed by atoms with Gasteiger partial charge in [0.25, 0.3) is 0 Å². The lowest BCUT2D eigenvalue weighted by Gasteiger charge is -2.02. The summed E-state index contributed by atoms with van der Waals surface area (Å²) in [5.41, 5.74) is 0. The minimum atomic E-state index is -0.924. The number of carboxylic acids is 1. The van der Waals surface area contributed by atoms with Crippen LogP contribution in [0.1, 0.15) is 12.8 Å². The predicted molar refractivity (Wildman–Crippen MR) is 84.4 cm³/mol. The Hall–Kier alpha value is -2.68. The molecule has 1 N–H and O–H groups in total. The van der Waals surface area contributed by atoms with Gasteiger partial charge in [-0.1, -0.05) is 60.7 Å². The Kier molecular flexibility index (Phi) is 5.04. The highest BCUT2D eigenvalue weighted by Gasteiger charge is 1.97. The molecule has 0 aliphatic carbocycles. The maximum Gasteiger partial charge on any atom is 0.303 e. The second-order valence-corrected chi connectivity index (χ2v) is 4.61. The fourth-order valence-electron chi connectivity index (χ4n) is 2.14. The summed E-state index contributed by atoms with van der Waals surface area (Å²) >= 11 is 0. The smallest absolute Gasteiger partial charge is 0.303 e. The number of carbonyl (C=O) groups excluding carboxylic acids is 1.